The molecule has 0 saturated carbocycles. The first-order valence-corrected chi connectivity index (χ1v) is 15.2. The van der Waals surface area contributed by atoms with Gasteiger partial charge in [0.25, 0.3) is 11.8 Å². The first kappa shape index (κ1) is 31.3. The molecule has 2 atom stereocenters. The average molecular weight is 642 g/mol. The third-order valence-corrected chi connectivity index (χ3v) is 8.09. The molecule has 1 fully saturated rings. The van der Waals surface area contributed by atoms with Crippen LogP contribution in [0.5, 0.6) is 23.0 Å². The van der Waals surface area contributed by atoms with Crippen molar-refractivity contribution in [2.24, 2.45) is 0 Å². The number of rotatable bonds is 5. The lowest BCUT2D eigenvalue weighted by Crippen LogP contribution is -2.46. The number of likely N-dealkylation sites (tertiary alicyclic amines) is 1. The topological polar surface area (TPSA) is 159 Å². The summed E-state index contributed by atoms with van der Waals surface area (Å²) < 4.78 is 24.9. The van der Waals surface area contributed by atoms with Gasteiger partial charge in [0, 0.05) is 36.7 Å². The van der Waals surface area contributed by atoms with E-state index in [2.05, 4.69) is 26.2 Å². The molecular weight excluding hydrogens is 606 g/mol. The summed E-state index contributed by atoms with van der Waals surface area (Å²) in [4.78, 5) is 41.1. The van der Waals surface area contributed by atoms with Gasteiger partial charge < -0.3 is 34.5 Å². The Morgan fingerprint density at radius 3 is 2.55 bits per heavy atom. The number of aryl methyl sites for hydroxylation is 1. The minimum absolute atomic E-state index is 0.113. The van der Waals surface area contributed by atoms with Crippen LogP contribution in [0.4, 0.5) is 0 Å². The van der Waals surface area contributed by atoms with Crippen molar-refractivity contribution in [2.45, 2.75) is 38.1 Å². The van der Waals surface area contributed by atoms with E-state index in [1.165, 1.54) is 13.4 Å². The van der Waals surface area contributed by atoms with Crippen molar-refractivity contribution in [3.63, 3.8) is 0 Å². The van der Waals surface area contributed by atoms with Gasteiger partial charge in [-0.2, -0.15) is 0 Å². The highest BCUT2D eigenvalue weighted by Crippen LogP contribution is 2.30. The van der Waals surface area contributed by atoms with Crippen molar-refractivity contribution in [2.75, 3.05) is 33.9 Å². The second-order valence-corrected chi connectivity index (χ2v) is 11.3. The van der Waals surface area contributed by atoms with E-state index < -0.39 is 12.1 Å². The molecule has 1 saturated heterocycles. The highest BCUT2D eigenvalue weighted by Gasteiger charge is 2.38. The molecule has 9 rings (SSSR count). The number of hydrogen-bond acceptors (Lipinski definition) is 10. The molecule has 0 aliphatic carbocycles. The van der Waals surface area contributed by atoms with Crippen LogP contribution in [0, 0.1) is 0 Å². The Hall–Kier alpha value is -5.66. The van der Waals surface area contributed by atoms with Gasteiger partial charge in [0.2, 0.25) is 5.91 Å². The Bertz CT molecular complexity index is 1730. The third kappa shape index (κ3) is 7.60. The van der Waals surface area contributed by atoms with Gasteiger partial charge in [0.15, 0.2) is 18.1 Å². The van der Waals surface area contributed by atoms with Crippen molar-refractivity contribution in [1.82, 2.24) is 35.7 Å². The van der Waals surface area contributed by atoms with Gasteiger partial charge in [0.1, 0.15) is 23.9 Å². The van der Waals surface area contributed by atoms with Crippen LogP contribution in [-0.4, -0.2) is 88.9 Å². The van der Waals surface area contributed by atoms with Crippen LogP contribution in [0.1, 0.15) is 33.5 Å². The van der Waals surface area contributed by atoms with E-state index in [-0.39, 0.29) is 50.4 Å². The number of amides is 3. The minimum atomic E-state index is -0.573. The molecule has 5 aliphatic heterocycles. The zero-order valence-corrected chi connectivity index (χ0v) is 26.0. The van der Waals surface area contributed by atoms with Crippen molar-refractivity contribution < 1.29 is 33.3 Å². The Kier molecular flexibility index (Phi) is 9.46. The fourth-order valence-corrected chi connectivity index (χ4v) is 5.61. The normalized spacial score (nSPS) is 18.4. The molecule has 244 valence electrons. The van der Waals surface area contributed by atoms with Crippen LogP contribution in [-0.2, 0) is 29.1 Å². The highest BCUT2D eigenvalue weighted by atomic mass is 16.5. The SMILES string of the molecule is COc1cc2ccc1CNC(=O)CCc1ccc(c(OC)c1)OCC(=O)N[C@@H]1CN(C(=O)c3ccc(Cn4cnnn4)cc3)C[C@H]1O2. The maximum absolute atomic E-state index is 13.6. The van der Waals surface area contributed by atoms with Gasteiger partial charge in [-0.15, -0.1) is 5.10 Å². The van der Waals surface area contributed by atoms with E-state index in [0.29, 0.717) is 41.5 Å². The molecule has 47 heavy (non-hydrogen) atoms. The molecule has 0 unspecified atom stereocenters. The maximum Gasteiger partial charge on any atom is 0.258 e. The van der Waals surface area contributed by atoms with Crippen molar-refractivity contribution in [1.29, 1.82) is 0 Å². The summed E-state index contributed by atoms with van der Waals surface area (Å²) in [6, 6.07) is 17.4. The van der Waals surface area contributed by atoms with E-state index in [1.54, 1.807) is 53.1 Å². The van der Waals surface area contributed by atoms with Gasteiger partial charge >= 0.3 is 0 Å². The summed E-state index contributed by atoms with van der Waals surface area (Å²) in [6.07, 6.45) is 1.72. The molecule has 2 N–H and O–H groups in total. The summed E-state index contributed by atoms with van der Waals surface area (Å²) >= 11 is 0. The maximum atomic E-state index is 13.6. The lowest BCUT2D eigenvalue weighted by atomic mass is 10.1. The number of carbonyl (C=O) groups excluding carboxylic acids is 3. The first-order chi connectivity index (χ1) is 22.9. The van der Waals surface area contributed by atoms with Crippen molar-refractivity contribution in [3.8, 4) is 23.0 Å². The van der Waals surface area contributed by atoms with E-state index >= 15 is 0 Å². The van der Waals surface area contributed by atoms with Crippen LogP contribution >= 0.6 is 0 Å². The number of carbonyl (C=O) groups is 3. The summed E-state index contributed by atoms with van der Waals surface area (Å²) in [7, 11) is 3.07. The largest absolute Gasteiger partial charge is 0.496 e. The fraction of sp³-hybridized carbons (Fsp3) is 0.333. The van der Waals surface area contributed by atoms with Crippen LogP contribution in [0.3, 0.4) is 0 Å². The van der Waals surface area contributed by atoms with Crippen LogP contribution < -0.4 is 29.6 Å². The van der Waals surface area contributed by atoms with E-state index in [0.717, 1.165) is 16.7 Å². The number of nitrogens with one attached hydrogen (secondary N) is 2. The Balaban J connectivity index is 1.23. The fourth-order valence-electron chi connectivity index (χ4n) is 5.61. The van der Waals surface area contributed by atoms with E-state index in [1.807, 2.05) is 24.3 Å². The number of tetrazole rings is 1. The predicted molar refractivity (Wildman–Crippen MR) is 167 cm³/mol. The van der Waals surface area contributed by atoms with Crippen LogP contribution in [0.2, 0.25) is 0 Å². The van der Waals surface area contributed by atoms with Gasteiger partial charge in [-0.25, -0.2) is 4.68 Å². The lowest BCUT2D eigenvalue weighted by Gasteiger charge is -2.22. The Morgan fingerprint density at radius 2 is 1.79 bits per heavy atom. The Labute approximate surface area is 270 Å². The second kappa shape index (κ2) is 14.2. The molecule has 5 aliphatic rings. The van der Waals surface area contributed by atoms with Gasteiger partial charge in [-0.05, 0) is 64.4 Å². The third-order valence-electron chi connectivity index (χ3n) is 8.09. The zero-order chi connectivity index (χ0) is 32.8. The quantitative estimate of drug-likeness (QED) is 0.329. The average Bonchev–Trinajstić information content (AvgIpc) is 3.75. The summed E-state index contributed by atoms with van der Waals surface area (Å²) in [5.74, 6) is 1.21. The molecule has 4 bridgehead atoms. The molecule has 0 radical (unpaired) electrons. The van der Waals surface area contributed by atoms with Gasteiger partial charge in [-0.1, -0.05) is 18.2 Å². The van der Waals surface area contributed by atoms with E-state index in [9.17, 15) is 14.4 Å². The summed E-state index contributed by atoms with van der Waals surface area (Å²) in [5.41, 5.74) is 3.11. The van der Waals surface area contributed by atoms with Crippen LogP contribution in [0.15, 0.2) is 67.0 Å². The Morgan fingerprint density at radius 1 is 0.957 bits per heavy atom. The lowest BCUT2D eigenvalue weighted by molar-refractivity contribution is -0.124. The smallest absolute Gasteiger partial charge is 0.258 e. The minimum Gasteiger partial charge on any atom is -0.496 e. The molecule has 1 aromatic heterocycles. The molecule has 14 nitrogen and oxygen atoms in total. The van der Waals surface area contributed by atoms with E-state index in [4.69, 9.17) is 18.9 Å². The first-order valence-electron chi connectivity index (χ1n) is 15.2. The number of benzene rings is 3. The standard InChI is InChI=1S/C33H35N7O7/c1-44-28-14-25-10-9-24(28)15-34-31(41)12-6-21-5-11-27(29(13-21)45-2)46-19-32(42)36-26-17-39(18-30(26)47-25)33(43)23-7-3-22(4-8-23)16-40-20-35-37-38-40/h3-5,7-11,13-14,20,26,30H,6,12,15-19H2,1-2H3,(H,34,41)(H,36,42)/t26-,30-/m1/s1. The van der Waals surface area contributed by atoms with Gasteiger partial charge in [-0.3, -0.25) is 14.4 Å². The summed E-state index contributed by atoms with van der Waals surface area (Å²) in [6.45, 7) is 0.924. The molecule has 6 heterocycles. The number of nitrogens with zero attached hydrogens (tertiary/aromatic N) is 5. The molecule has 14 heteroatoms. The predicted octanol–water partition coefficient (Wildman–Crippen LogP) is 1.77. The number of methoxy groups -OCH3 is 2. The van der Waals surface area contributed by atoms with Crippen molar-refractivity contribution >= 4 is 17.7 Å². The number of aromatic nitrogens is 4. The van der Waals surface area contributed by atoms with Crippen molar-refractivity contribution in [3.05, 3.63) is 89.2 Å². The summed E-state index contributed by atoms with van der Waals surface area (Å²) in [5, 5.41) is 17.1. The molecule has 3 amide bonds. The van der Waals surface area contributed by atoms with Gasteiger partial charge in [0.05, 0.1) is 33.4 Å². The van der Waals surface area contributed by atoms with Crippen LogP contribution in [0.25, 0.3) is 0 Å². The monoisotopic (exact) mass is 641 g/mol. The molecular formula is C33H35N7O7. The highest BCUT2D eigenvalue weighted by molar-refractivity contribution is 5.94. The molecule has 3 aromatic carbocycles. The molecule has 0 spiro atoms. The second-order valence-electron chi connectivity index (χ2n) is 11.3. The number of hydrogen-bond donors (Lipinski definition) is 2. The number of ether oxygens (including phenoxy) is 4. The molecule has 4 aromatic rings. The zero-order valence-electron chi connectivity index (χ0n) is 26.0.